The molecule has 0 aromatic heterocycles. The maximum atomic E-state index is 13.3. The topological polar surface area (TPSA) is 55.2 Å². The summed E-state index contributed by atoms with van der Waals surface area (Å²) in [6, 6.07) is 2.32. The summed E-state index contributed by atoms with van der Waals surface area (Å²) in [7, 11) is 0. The molecule has 0 aliphatic heterocycles. The first-order valence-corrected chi connectivity index (χ1v) is 6.56. The van der Waals surface area contributed by atoms with Gasteiger partial charge in [-0.25, -0.2) is 4.39 Å². The summed E-state index contributed by atoms with van der Waals surface area (Å²) in [6.45, 7) is 4.33. The summed E-state index contributed by atoms with van der Waals surface area (Å²) in [5.41, 5.74) is 0.252. The van der Waals surface area contributed by atoms with Crippen molar-refractivity contribution in [2.45, 2.75) is 39.2 Å². The minimum Gasteiger partial charge on any atom is -0.377 e. The average molecular weight is 287 g/mol. The smallest absolute Gasteiger partial charge is 0.295 e. The van der Waals surface area contributed by atoms with Gasteiger partial charge in [-0.05, 0) is 30.7 Å². The number of nitro benzene ring substituents is 1. The molecule has 1 atom stereocenters. The molecular weight excluding hydrogens is 271 g/mol. The van der Waals surface area contributed by atoms with Crippen LogP contribution in [0, 0.1) is 21.3 Å². The van der Waals surface area contributed by atoms with Crippen LogP contribution in [-0.4, -0.2) is 11.0 Å². The van der Waals surface area contributed by atoms with Crippen LogP contribution in [0.4, 0.5) is 15.8 Å². The molecule has 0 amide bonds. The molecule has 1 aromatic carbocycles. The Morgan fingerprint density at radius 1 is 1.53 bits per heavy atom. The Labute approximate surface area is 116 Å². The second kappa shape index (κ2) is 4.96. The fourth-order valence-corrected chi connectivity index (χ4v) is 2.75. The standard InChI is InChI=1S/C13H16ClFN2O2/c1-13(2)4-3-8(7-13)16-11-5-9(14)10(15)6-12(11)17(18)19/h5-6,8,16H,3-4,7H2,1-2H3. The molecule has 1 fully saturated rings. The van der Waals surface area contributed by atoms with Gasteiger partial charge in [0.15, 0.2) is 0 Å². The number of halogens is 2. The van der Waals surface area contributed by atoms with E-state index in [9.17, 15) is 14.5 Å². The molecule has 0 bridgehead atoms. The van der Waals surface area contributed by atoms with E-state index in [0.29, 0.717) is 5.69 Å². The normalized spacial score (nSPS) is 21.4. The van der Waals surface area contributed by atoms with Gasteiger partial charge in [0, 0.05) is 6.04 Å². The summed E-state index contributed by atoms with van der Waals surface area (Å²) in [5, 5.41) is 14.0. The maximum Gasteiger partial charge on any atom is 0.295 e. The second-order valence-corrected chi connectivity index (χ2v) is 6.20. The van der Waals surface area contributed by atoms with Gasteiger partial charge in [0.2, 0.25) is 0 Å². The molecule has 0 saturated heterocycles. The Balaban J connectivity index is 2.25. The summed E-state index contributed by atoms with van der Waals surface area (Å²) in [6.07, 6.45) is 2.94. The first-order chi connectivity index (χ1) is 8.78. The van der Waals surface area contributed by atoms with Gasteiger partial charge in [-0.15, -0.1) is 0 Å². The highest BCUT2D eigenvalue weighted by atomic mass is 35.5. The minimum atomic E-state index is -0.773. The summed E-state index contributed by atoms with van der Waals surface area (Å²) < 4.78 is 13.3. The van der Waals surface area contributed by atoms with Crippen molar-refractivity contribution in [1.82, 2.24) is 0 Å². The number of rotatable bonds is 3. The molecule has 6 heteroatoms. The molecule has 104 valence electrons. The fourth-order valence-electron chi connectivity index (χ4n) is 2.58. The van der Waals surface area contributed by atoms with Crippen LogP contribution >= 0.6 is 11.6 Å². The van der Waals surface area contributed by atoms with Gasteiger partial charge in [-0.1, -0.05) is 25.4 Å². The number of nitro groups is 1. The van der Waals surface area contributed by atoms with Crippen LogP contribution in [0.5, 0.6) is 0 Å². The largest absolute Gasteiger partial charge is 0.377 e. The zero-order chi connectivity index (χ0) is 14.2. The van der Waals surface area contributed by atoms with Gasteiger partial charge in [-0.2, -0.15) is 0 Å². The molecule has 0 radical (unpaired) electrons. The van der Waals surface area contributed by atoms with Gasteiger partial charge in [0.25, 0.3) is 5.69 Å². The van der Waals surface area contributed by atoms with Crippen LogP contribution in [0.1, 0.15) is 33.1 Å². The molecule has 1 unspecified atom stereocenters. The molecule has 1 aromatic rings. The molecule has 19 heavy (non-hydrogen) atoms. The van der Waals surface area contributed by atoms with Crippen LogP contribution < -0.4 is 5.32 Å². The van der Waals surface area contributed by atoms with Gasteiger partial charge >= 0.3 is 0 Å². The van der Waals surface area contributed by atoms with Crippen molar-refractivity contribution in [3.8, 4) is 0 Å². The molecule has 4 nitrogen and oxygen atoms in total. The van der Waals surface area contributed by atoms with Crippen LogP contribution in [-0.2, 0) is 0 Å². The quantitative estimate of drug-likeness (QED) is 0.663. The summed E-state index contributed by atoms with van der Waals surface area (Å²) in [4.78, 5) is 10.3. The zero-order valence-electron chi connectivity index (χ0n) is 10.9. The molecule has 0 spiro atoms. The van der Waals surface area contributed by atoms with Crippen molar-refractivity contribution in [1.29, 1.82) is 0 Å². The Hall–Kier alpha value is -1.36. The predicted molar refractivity (Wildman–Crippen MR) is 73.1 cm³/mol. The predicted octanol–water partition coefficient (Wildman–Crippen LogP) is 4.38. The van der Waals surface area contributed by atoms with Crippen molar-refractivity contribution < 1.29 is 9.31 Å². The Kier molecular flexibility index (Phi) is 3.67. The van der Waals surface area contributed by atoms with E-state index in [1.165, 1.54) is 6.07 Å². The van der Waals surface area contributed by atoms with E-state index in [-0.39, 0.29) is 22.2 Å². The highest BCUT2D eigenvalue weighted by Gasteiger charge is 2.32. The fraction of sp³-hybridized carbons (Fsp3) is 0.538. The lowest BCUT2D eigenvalue weighted by molar-refractivity contribution is -0.384. The first kappa shape index (κ1) is 14.1. The average Bonchev–Trinajstić information content (AvgIpc) is 2.62. The van der Waals surface area contributed by atoms with E-state index < -0.39 is 10.7 Å². The highest BCUT2D eigenvalue weighted by Crippen LogP contribution is 2.40. The molecule has 1 aliphatic carbocycles. The molecule has 1 aliphatic rings. The van der Waals surface area contributed by atoms with Crippen molar-refractivity contribution in [3.05, 3.63) is 33.1 Å². The molecule has 0 heterocycles. The zero-order valence-corrected chi connectivity index (χ0v) is 11.6. The van der Waals surface area contributed by atoms with Crippen LogP contribution in [0.3, 0.4) is 0 Å². The van der Waals surface area contributed by atoms with E-state index in [1.54, 1.807) is 0 Å². The Morgan fingerprint density at radius 2 is 2.21 bits per heavy atom. The van der Waals surface area contributed by atoms with Crippen molar-refractivity contribution in [3.63, 3.8) is 0 Å². The second-order valence-electron chi connectivity index (χ2n) is 5.79. The third-order valence-corrected chi connectivity index (χ3v) is 3.85. The van der Waals surface area contributed by atoms with E-state index >= 15 is 0 Å². The Morgan fingerprint density at radius 3 is 2.74 bits per heavy atom. The lowest BCUT2D eigenvalue weighted by Gasteiger charge is -2.18. The Bertz CT molecular complexity index is 520. The molecule has 2 rings (SSSR count). The van der Waals surface area contributed by atoms with Crippen LogP contribution in [0.2, 0.25) is 5.02 Å². The van der Waals surface area contributed by atoms with Gasteiger partial charge in [0.1, 0.15) is 11.5 Å². The van der Waals surface area contributed by atoms with Gasteiger partial charge in [0.05, 0.1) is 16.0 Å². The van der Waals surface area contributed by atoms with Crippen LogP contribution in [0.25, 0.3) is 0 Å². The lowest BCUT2D eigenvalue weighted by atomic mass is 9.92. The number of anilines is 1. The van der Waals surface area contributed by atoms with Crippen molar-refractivity contribution in [2.24, 2.45) is 5.41 Å². The first-order valence-electron chi connectivity index (χ1n) is 6.18. The third kappa shape index (κ3) is 3.15. The van der Waals surface area contributed by atoms with E-state index in [1.807, 2.05) is 0 Å². The van der Waals surface area contributed by atoms with E-state index in [2.05, 4.69) is 19.2 Å². The number of nitrogens with one attached hydrogen (secondary N) is 1. The molecule has 1 N–H and O–H groups in total. The van der Waals surface area contributed by atoms with Gasteiger partial charge < -0.3 is 5.32 Å². The van der Waals surface area contributed by atoms with Crippen molar-refractivity contribution >= 4 is 23.0 Å². The van der Waals surface area contributed by atoms with E-state index in [4.69, 9.17) is 11.6 Å². The summed E-state index contributed by atoms with van der Waals surface area (Å²) in [5.74, 6) is -0.773. The van der Waals surface area contributed by atoms with Crippen LogP contribution in [0.15, 0.2) is 12.1 Å². The highest BCUT2D eigenvalue weighted by molar-refractivity contribution is 6.31. The lowest BCUT2D eigenvalue weighted by Crippen LogP contribution is -2.18. The number of hydrogen-bond acceptors (Lipinski definition) is 3. The van der Waals surface area contributed by atoms with E-state index in [0.717, 1.165) is 25.3 Å². The maximum absolute atomic E-state index is 13.3. The number of hydrogen-bond donors (Lipinski definition) is 1. The molecule has 1 saturated carbocycles. The van der Waals surface area contributed by atoms with Crippen molar-refractivity contribution in [2.75, 3.05) is 5.32 Å². The summed E-state index contributed by atoms with van der Waals surface area (Å²) >= 11 is 5.69. The molecular formula is C13H16ClFN2O2. The van der Waals surface area contributed by atoms with Gasteiger partial charge in [-0.3, -0.25) is 10.1 Å². The third-order valence-electron chi connectivity index (χ3n) is 3.56. The monoisotopic (exact) mass is 286 g/mol. The SMILES string of the molecule is CC1(C)CCC(Nc2cc(Cl)c(F)cc2[N+](=O)[O-])C1. The number of benzene rings is 1. The number of nitrogens with zero attached hydrogens (tertiary/aromatic N) is 1. The minimum absolute atomic E-state index is 0.106.